The third-order valence-electron chi connectivity index (χ3n) is 5.59. The second-order valence-corrected chi connectivity index (χ2v) is 7.53. The Morgan fingerprint density at radius 2 is 1.96 bits per heavy atom. The Labute approximate surface area is 169 Å². The van der Waals surface area contributed by atoms with Crippen LogP contribution in [-0.4, -0.2) is 54.7 Å². The van der Waals surface area contributed by atoms with Crippen molar-refractivity contribution in [3.8, 4) is 5.75 Å². The standard InChI is InChI=1S/C23H33N3O2/c1-4-26(16-19-9-11-24-12-10-19)22-6-5-13-25(17-22)15-20-7-8-23(28-3)21(14-20)18-27-2/h7-12,14,22H,4-6,13,15-18H2,1-3H3. The van der Waals surface area contributed by atoms with Gasteiger partial charge in [-0.05, 0) is 61.3 Å². The monoisotopic (exact) mass is 383 g/mol. The molecule has 3 rings (SSSR count). The van der Waals surface area contributed by atoms with Gasteiger partial charge in [0.1, 0.15) is 5.75 Å². The number of nitrogens with zero attached hydrogens (tertiary/aromatic N) is 3. The van der Waals surface area contributed by atoms with Crippen molar-refractivity contribution in [3.63, 3.8) is 0 Å². The number of likely N-dealkylation sites (tertiary alicyclic amines) is 1. The van der Waals surface area contributed by atoms with Crippen molar-refractivity contribution in [1.82, 2.24) is 14.8 Å². The minimum atomic E-state index is 0.579. The van der Waals surface area contributed by atoms with Gasteiger partial charge in [0.25, 0.3) is 0 Å². The van der Waals surface area contributed by atoms with Gasteiger partial charge in [0, 0.05) is 50.7 Å². The lowest BCUT2D eigenvalue weighted by molar-refractivity contribution is 0.0917. The molecule has 5 nitrogen and oxygen atoms in total. The van der Waals surface area contributed by atoms with Crippen molar-refractivity contribution in [2.75, 3.05) is 33.9 Å². The predicted octanol–water partition coefficient (Wildman–Crippen LogP) is 3.72. The number of rotatable bonds is 9. The number of benzene rings is 1. The summed E-state index contributed by atoms with van der Waals surface area (Å²) < 4.78 is 10.8. The number of methoxy groups -OCH3 is 2. The Morgan fingerprint density at radius 1 is 1.14 bits per heavy atom. The van der Waals surface area contributed by atoms with Gasteiger partial charge in [-0.15, -0.1) is 0 Å². The fourth-order valence-electron chi connectivity index (χ4n) is 4.15. The highest BCUT2D eigenvalue weighted by molar-refractivity contribution is 5.37. The van der Waals surface area contributed by atoms with Gasteiger partial charge in [0.05, 0.1) is 13.7 Å². The molecule has 1 fully saturated rings. The summed E-state index contributed by atoms with van der Waals surface area (Å²) in [6.45, 7) is 8.17. The SMILES string of the molecule is CCN(Cc1ccncc1)C1CCCN(Cc2ccc(OC)c(COC)c2)C1. The van der Waals surface area contributed by atoms with E-state index in [0.29, 0.717) is 12.6 Å². The van der Waals surface area contributed by atoms with Crippen molar-refractivity contribution < 1.29 is 9.47 Å². The zero-order valence-electron chi connectivity index (χ0n) is 17.4. The lowest BCUT2D eigenvalue weighted by Crippen LogP contribution is -2.47. The second kappa shape index (κ2) is 10.6. The average molecular weight is 384 g/mol. The third kappa shape index (κ3) is 5.53. The number of hydrogen-bond acceptors (Lipinski definition) is 5. The molecule has 1 saturated heterocycles. The van der Waals surface area contributed by atoms with E-state index in [2.05, 4.69) is 52.0 Å². The van der Waals surface area contributed by atoms with Gasteiger partial charge in [-0.25, -0.2) is 0 Å². The van der Waals surface area contributed by atoms with Crippen LogP contribution in [0.25, 0.3) is 0 Å². The minimum Gasteiger partial charge on any atom is -0.496 e. The Bertz CT molecular complexity index is 723. The summed E-state index contributed by atoms with van der Waals surface area (Å²) in [4.78, 5) is 9.33. The first-order chi connectivity index (χ1) is 13.7. The molecule has 28 heavy (non-hydrogen) atoms. The normalized spacial score (nSPS) is 17.8. The quantitative estimate of drug-likeness (QED) is 0.660. The van der Waals surface area contributed by atoms with Crippen LogP contribution in [0.15, 0.2) is 42.7 Å². The molecule has 0 aliphatic carbocycles. The molecule has 2 heterocycles. The summed E-state index contributed by atoms with van der Waals surface area (Å²) in [5, 5.41) is 0. The van der Waals surface area contributed by atoms with Crippen LogP contribution in [0.5, 0.6) is 5.75 Å². The Balaban J connectivity index is 1.63. The topological polar surface area (TPSA) is 37.8 Å². The van der Waals surface area contributed by atoms with E-state index >= 15 is 0 Å². The van der Waals surface area contributed by atoms with Gasteiger partial charge in [-0.2, -0.15) is 0 Å². The summed E-state index contributed by atoms with van der Waals surface area (Å²) in [6.07, 6.45) is 6.29. The summed E-state index contributed by atoms with van der Waals surface area (Å²) in [6, 6.07) is 11.3. The van der Waals surface area contributed by atoms with Gasteiger partial charge < -0.3 is 9.47 Å². The first kappa shape index (κ1) is 20.8. The van der Waals surface area contributed by atoms with Gasteiger partial charge in [0.2, 0.25) is 0 Å². The smallest absolute Gasteiger partial charge is 0.124 e. The van der Waals surface area contributed by atoms with E-state index < -0.39 is 0 Å². The Morgan fingerprint density at radius 3 is 2.68 bits per heavy atom. The maximum Gasteiger partial charge on any atom is 0.124 e. The molecular weight excluding hydrogens is 350 g/mol. The number of hydrogen-bond donors (Lipinski definition) is 0. The van der Waals surface area contributed by atoms with Crippen molar-refractivity contribution >= 4 is 0 Å². The van der Waals surface area contributed by atoms with Crippen molar-refractivity contribution in [3.05, 3.63) is 59.4 Å². The van der Waals surface area contributed by atoms with E-state index in [1.165, 1.54) is 24.0 Å². The van der Waals surface area contributed by atoms with Crippen LogP contribution >= 0.6 is 0 Å². The lowest BCUT2D eigenvalue weighted by atomic mass is 10.0. The lowest BCUT2D eigenvalue weighted by Gasteiger charge is -2.39. The van der Waals surface area contributed by atoms with Crippen molar-refractivity contribution in [1.29, 1.82) is 0 Å². The zero-order chi connectivity index (χ0) is 19.8. The van der Waals surface area contributed by atoms with Crippen LogP contribution < -0.4 is 4.74 Å². The van der Waals surface area contributed by atoms with Crippen molar-refractivity contribution in [2.45, 2.75) is 45.5 Å². The summed E-state index contributed by atoms with van der Waals surface area (Å²) >= 11 is 0. The van der Waals surface area contributed by atoms with Crippen molar-refractivity contribution in [2.24, 2.45) is 0 Å². The van der Waals surface area contributed by atoms with E-state index in [1.807, 2.05) is 12.4 Å². The van der Waals surface area contributed by atoms with Crippen LogP contribution in [0.1, 0.15) is 36.5 Å². The van der Waals surface area contributed by atoms with E-state index in [0.717, 1.165) is 44.0 Å². The number of ether oxygens (including phenoxy) is 2. The van der Waals surface area contributed by atoms with Crippen LogP contribution in [-0.2, 0) is 24.4 Å². The molecule has 1 unspecified atom stereocenters. The summed E-state index contributed by atoms with van der Waals surface area (Å²) in [7, 11) is 3.44. The molecule has 152 valence electrons. The Hall–Kier alpha value is -1.95. The van der Waals surface area contributed by atoms with E-state index in [1.54, 1.807) is 14.2 Å². The first-order valence-electron chi connectivity index (χ1n) is 10.2. The molecule has 1 atom stereocenters. The molecule has 1 aromatic carbocycles. The van der Waals surface area contributed by atoms with Crippen LogP contribution in [0, 0.1) is 0 Å². The van der Waals surface area contributed by atoms with Gasteiger partial charge in [0.15, 0.2) is 0 Å². The van der Waals surface area contributed by atoms with Gasteiger partial charge in [-0.3, -0.25) is 14.8 Å². The molecule has 0 spiro atoms. The molecular formula is C23H33N3O2. The number of piperidine rings is 1. The van der Waals surface area contributed by atoms with Crippen LogP contribution in [0.4, 0.5) is 0 Å². The largest absolute Gasteiger partial charge is 0.496 e. The van der Waals surface area contributed by atoms with E-state index in [9.17, 15) is 0 Å². The highest BCUT2D eigenvalue weighted by atomic mass is 16.5. The average Bonchev–Trinajstić information content (AvgIpc) is 2.73. The molecule has 0 radical (unpaired) electrons. The molecule has 1 aromatic heterocycles. The predicted molar refractivity (Wildman–Crippen MR) is 112 cm³/mol. The second-order valence-electron chi connectivity index (χ2n) is 7.53. The third-order valence-corrected chi connectivity index (χ3v) is 5.59. The maximum absolute atomic E-state index is 5.46. The van der Waals surface area contributed by atoms with E-state index in [4.69, 9.17) is 9.47 Å². The van der Waals surface area contributed by atoms with E-state index in [-0.39, 0.29) is 0 Å². The van der Waals surface area contributed by atoms with Crippen LogP contribution in [0.2, 0.25) is 0 Å². The number of aromatic nitrogens is 1. The molecule has 0 saturated carbocycles. The molecule has 0 bridgehead atoms. The highest BCUT2D eigenvalue weighted by Crippen LogP contribution is 2.24. The maximum atomic E-state index is 5.46. The molecule has 1 aliphatic rings. The Kier molecular flexibility index (Phi) is 7.83. The molecule has 1 aliphatic heterocycles. The zero-order valence-corrected chi connectivity index (χ0v) is 17.4. The van der Waals surface area contributed by atoms with Gasteiger partial charge in [-0.1, -0.05) is 13.0 Å². The molecule has 2 aromatic rings. The molecule has 0 amide bonds. The summed E-state index contributed by atoms with van der Waals surface area (Å²) in [5.41, 5.74) is 3.78. The number of likely N-dealkylation sites (N-methyl/N-ethyl adjacent to an activating group) is 1. The number of pyridine rings is 1. The minimum absolute atomic E-state index is 0.579. The highest BCUT2D eigenvalue weighted by Gasteiger charge is 2.24. The summed E-state index contributed by atoms with van der Waals surface area (Å²) in [5.74, 6) is 0.900. The van der Waals surface area contributed by atoms with Crippen LogP contribution in [0.3, 0.4) is 0 Å². The fourth-order valence-corrected chi connectivity index (χ4v) is 4.15. The molecule has 0 N–H and O–H groups in total. The first-order valence-corrected chi connectivity index (χ1v) is 10.2. The van der Waals surface area contributed by atoms with Gasteiger partial charge >= 0.3 is 0 Å². The molecule has 5 heteroatoms. The fraction of sp³-hybridized carbons (Fsp3) is 0.522.